The summed E-state index contributed by atoms with van der Waals surface area (Å²) in [4.78, 5) is 4.27. The molecule has 0 amide bonds. The summed E-state index contributed by atoms with van der Waals surface area (Å²) in [6, 6.07) is 5.63. The monoisotopic (exact) mass is 210 g/mol. The smallest absolute Gasteiger partial charge is 0.215 e. The van der Waals surface area contributed by atoms with Crippen molar-refractivity contribution >= 4 is 5.82 Å². The Kier molecular flexibility index (Phi) is 5.55. The van der Waals surface area contributed by atoms with E-state index in [-0.39, 0.29) is 6.61 Å². The highest BCUT2D eigenvalue weighted by molar-refractivity contribution is 5.36. The molecule has 0 saturated carbocycles. The molecule has 1 heterocycles. The Morgan fingerprint density at radius 1 is 1.47 bits per heavy atom. The minimum absolute atomic E-state index is 0.147. The van der Waals surface area contributed by atoms with Crippen LogP contribution in [0, 0.1) is 0 Å². The lowest BCUT2D eigenvalue weighted by atomic mass is 10.4. The number of nitrogens with one attached hydrogen (secondary N) is 1. The Morgan fingerprint density at radius 3 is 3.07 bits per heavy atom. The van der Waals surface area contributed by atoms with Gasteiger partial charge in [-0.25, -0.2) is 0 Å². The van der Waals surface area contributed by atoms with Crippen LogP contribution in [-0.2, 0) is 0 Å². The summed E-state index contributed by atoms with van der Waals surface area (Å²) in [6.07, 6.45) is 1.70. The second-order valence-corrected chi connectivity index (χ2v) is 3.21. The maximum Gasteiger partial charge on any atom is 0.215 e. The summed E-state index contributed by atoms with van der Waals surface area (Å²) in [7, 11) is 0. The van der Waals surface area contributed by atoms with Crippen molar-refractivity contribution in [2.24, 2.45) is 0 Å². The molecule has 1 aromatic rings. The van der Waals surface area contributed by atoms with Gasteiger partial charge in [0.05, 0.1) is 6.61 Å². The van der Waals surface area contributed by atoms with Crippen LogP contribution >= 0.6 is 0 Å². The Morgan fingerprint density at radius 2 is 2.33 bits per heavy atom. The van der Waals surface area contributed by atoms with Crippen LogP contribution in [0.15, 0.2) is 18.2 Å². The van der Waals surface area contributed by atoms with Gasteiger partial charge in [-0.2, -0.15) is 4.98 Å². The fourth-order valence-corrected chi connectivity index (χ4v) is 1.09. The quantitative estimate of drug-likeness (QED) is 0.672. The summed E-state index contributed by atoms with van der Waals surface area (Å²) >= 11 is 0. The van der Waals surface area contributed by atoms with Gasteiger partial charge in [0.15, 0.2) is 0 Å². The first-order valence-corrected chi connectivity index (χ1v) is 5.31. The first-order chi connectivity index (χ1) is 7.36. The lowest BCUT2D eigenvalue weighted by Crippen LogP contribution is -2.04. The molecule has 2 N–H and O–H groups in total. The molecule has 1 rings (SSSR count). The summed E-state index contributed by atoms with van der Waals surface area (Å²) in [5, 5.41) is 11.8. The van der Waals surface area contributed by atoms with Crippen LogP contribution in [0.5, 0.6) is 5.88 Å². The first kappa shape index (κ1) is 11.8. The molecule has 84 valence electrons. The molecule has 0 aliphatic rings. The second kappa shape index (κ2) is 7.06. The molecule has 0 saturated heterocycles. The molecule has 4 nitrogen and oxygen atoms in total. The van der Waals surface area contributed by atoms with Gasteiger partial charge in [-0.05, 0) is 12.5 Å². The van der Waals surface area contributed by atoms with Gasteiger partial charge in [0, 0.05) is 25.6 Å². The van der Waals surface area contributed by atoms with Crippen molar-refractivity contribution in [3.8, 4) is 5.88 Å². The molecule has 0 unspecified atom stereocenters. The zero-order valence-corrected chi connectivity index (χ0v) is 9.07. The van der Waals surface area contributed by atoms with Crippen molar-refractivity contribution in [3.05, 3.63) is 18.2 Å². The largest absolute Gasteiger partial charge is 0.478 e. The van der Waals surface area contributed by atoms with Gasteiger partial charge < -0.3 is 15.2 Å². The van der Waals surface area contributed by atoms with Crippen molar-refractivity contribution in [2.45, 2.75) is 19.8 Å². The Hall–Kier alpha value is -1.29. The van der Waals surface area contributed by atoms with E-state index in [1.807, 2.05) is 18.2 Å². The zero-order valence-electron chi connectivity index (χ0n) is 9.07. The van der Waals surface area contributed by atoms with E-state index in [0.29, 0.717) is 18.9 Å². The number of pyridine rings is 1. The van der Waals surface area contributed by atoms with E-state index in [4.69, 9.17) is 9.84 Å². The summed E-state index contributed by atoms with van der Waals surface area (Å²) in [6.45, 7) is 3.66. The Bertz CT molecular complexity index is 279. The molecule has 0 bridgehead atoms. The molecule has 0 spiro atoms. The van der Waals surface area contributed by atoms with Crippen molar-refractivity contribution in [2.75, 3.05) is 25.1 Å². The van der Waals surface area contributed by atoms with Crippen molar-refractivity contribution in [1.29, 1.82) is 0 Å². The van der Waals surface area contributed by atoms with Gasteiger partial charge in [-0.3, -0.25) is 0 Å². The number of hydrogen-bond donors (Lipinski definition) is 2. The third-order valence-electron chi connectivity index (χ3n) is 1.83. The van der Waals surface area contributed by atoms with Crippen molar-refractivity contribution in [1.82, 2.24) is 4.98 Å². The molecule has 15 heavy (non-hydrogen) atoms. The third kappa shape index (κ3) is 4.65. The van der Waals surface area contributed by atoms with E-state index in [1.165, 1.54) is 0 Å². The predicted octanol–water partition coefficient (Wildman–Crippen LogP) is 1.66. The van der Waals surface area contributed by atoms with Crippen LogP contribution in [0.1, 0.15) is 19.8 Å². The van der Waals surface area contributed by atoms with Gasteiger partial charge >= 0.3 is 0 Å². The summed E-state index contributed by atoms with van der Waals surface area (Å²) in [5.74, 6) is 1.43. The standard InChI is InChI=1S/C11H18N2O2/c1-2-7-12-10-5-3-6-11(13-10)15-9-4-8-14/h3,5-6,14H,2,4,7-9H2,1H3,(H,12,13). The predicted molar refractivity (Wildman–Crippen MR) is 60.2 cm³/mol. The molecule has 0 aliphatic heterocycles. The average molecular weight is 210 g/mol. The zero-order chi connectivity index (χ0) is 10.9. The van der Waals surface area contributed by atoms with E-state index in [9.17, 15) is 0 Å². The third-order valence-corrected chi connectivity index (χ3v) is 1.83. The van der Waals surface area contributed by atoms with Crippen LogP contribution in [-0.4, -0.2) is 29.8 Å². The minimum Gasteiger partial charge on any atom is -0.478 e. The molecule has 0 aromatic carbocycles. The maximum absolute atomic E-state index is 8.60. The van der Waals surface area contributed by atoms with Gasteiger partial charge in [0.1, 0.15) is 5.82 Å². The molecule has 1 aromatic heterocycles. The van der Waals surface area contributed by atoms with E-state index >= 15 is 0 Å². The molecule has 0 fully saturated rings. The number of aliphatic hydroxyl groups excluding tert-OH is 1. The number of anilines is 1. The SMILES string of the molecule is CCCNc1cccc(OCCCO)n1. The highest BCUT2D eigenvalue weighted by Crippen LogP contribution is 2.11. The van der Waals surface area contributed by atoms with Crippen molar-refractivity contribution in [3.63, 3.8) is 0 Å². The van der Waals surface area contributed by atoms with E-state index in [2.05, 4.69) is 17.2 Å². The van der Waals surface area contributed by atoms with Gasteiger partial charge in [0.2, 0.25) is 5.88 Å². The molecule has 4 heteroatoms. The van der Waals surface area contributed by atoms with Crippen molar-refractivity contribution < 1.29 is 9.84 Å². The van der Waals surface area contributed by atoms with Crippen LogP contribution in [0.3, 0.4) is 0 Å². The fraction of sp³-hybridized carbons (Fsp3) is 0.545. The van der Waals surface area contributed by atoms with Gasteiger partial charge in [-0.1, -0.05) is 13.0 Å². The summed E-state index contributed by atoms with van der Waals surface area (Å²) in [5.41, 5.74) is 0. The maximum atomic E-state index is 8.60. The number of aliphatic hydroxyl groups is 1. The average Bonchev–Trinajstić information content (AvgIpc) is 2.27. The fourth-order valence-electron chi connectivity index (χ4n) is 1.09. The van der Waals surface area contributed by atoms with Crippen LogP contribution in [0.25, 0.3) is 0 Å². The normalized spacial score (nSPS) is 10.0. The molecule has 0 atom stereocenters. The molecule has 0 aliphatic carbocycles. The van der Waals surface area contributed by atoms with E-state index < -0.39 is 0 Å². The number of ether oxygens (including phenoxy) is 1. The number of aromatic nitrogens is 1. The number of nitrogens with zero attached hydrogens (tertiary/aromatic N) is 1. The molecule has 0 radical (unpaired) electrons. The van der Waals surface area contributed by atoms with E-state index in [0.717, 1.165) is 18.8 Å². The van der Waals surface area contributed by atoms with Crippen LogP contribution in [0.4, 0.5) is 5.82 Å². The van der Waals surface area contributed by atoms with Gasteiger partial charge in [-0.15, -0.1) is 0 Å². The summed E-state index contributed by atoms with van der Waals surface area (Å²) < 4.78 is 5.36. The number of hydrogen-bond acceptors (Lipinski definition) is 4. The lowest BCUT2D eigenvalue weighted by molar-refractivity contribution is 0.229. The Balaban J connectivity index is 2.42. The molecular formula is C11H18N2O2. The van der Waals surface area contributed by atoms with Crippen LogP contribution < -0.4 is 10.1 Å². The number of rotatable bonds is 7. The minimum atomic E-state index is 0.147. The highest BCUT2D eigenvalue weighted by Gasteiger charge is 1.97. The topological polar surface area (TPSA) is 54.4 Å². The Labute approximate surface area is 90.3 Å². The molecular weight excluding hydrogens is 192 g/mol. The first-order valence-electron chi connectivity index (χ1n) is 5.31. The van der Waals surface area contributed by atoms with E-state index in [1.54, 1.807) is 0 Å². The van der Waals surface area contributed by atoms with Gasteiger partial charge in [0.25, 0.3) is 0 Å². The van der Waals surface area contributed by atoms with Crippen LogP contribution in [0.2, 0.25) is 0 Å². The second-order valence-electron chi connectivity index (χ2n) is 3.21. The highest BCUT2D eigenvalue weighted by atomic mass is 16.5. The lowest BCUT2D eigenvalue weighted by Gasteiger charge is -2.07.